The van der Waals surface area contributed by atoms with Gasteiger partial charge in [0.25, 0.3) is 0 Å². The maximum absolute atomic E-state index is 12.7. The lowest BCUT2D eigenvalue weighted by molar-refractivity contribution is 0.111. The molecule has 1 saturated heterocycles. The molecule has 1 heterocycles. The van der Waals surface area contributed by atoms with Crippen LogP contribution in [-0.2, 0) is 25.2 Å². The number of benzene rings is 1. The Bertz CT molecular complexity index is 870. The van der Waals surface area contributed by atoms with Crippen molar-refractivity contribution < 1.29 is 16.8 Å². The van der Waals surface area contributed by atoms with Crippen molar-refractivity contribution in [2.45, 2.75) is 84.8 Å². The van der Waals surface area contributed by atoms with Gasteiger partial charge in [0.15, 0.2) is 0 Å². The number of fused-ring (bicyclic) bond motifs is 1. The molecule has 4 rings (SSSR count). The van der Waals surface area contributed by atoms with Crippen LogP contribution < -0.4 is 0 Å². The molecule has 2 unspecified atom stereocenters. The van der Waals surface area contributed by atoms with Crippen LogP contribution in [0.3, 0.4) is 0 Å². The van der Waals surface area contributed by atoms with Gasteiger partial charge < -0.3 is 0 Å². The van der Waals surface area contributed by atoms with E-state index in [9.17, 15) is 8.42 Å². The Hall–Kier alpha value is -1.43. The van der Waals surface area contributed by atoms with Crippen LogP contribution in [0.15, 0.2) is 54.1 Å². The normalized spacial score (nSPS) is 31.4. The van der Waals surface area contributed by atoms with E-state index < -0.39 is 10.4 Å². The predicted molar refractivity (Wildman–Crippen MR) is 126 cm³/mol. The molecule has 2 fully saturated rings. The Morgan fingerprint density at radius 2 is 1.55 bits per heavy atom. The molecule has 1 aromatic rings. The van der Waals surface area contributed by atoms with Crippen LogP contribution in [0.5, 0.6) is 0 Å². The zero-order chi connectivity index (χ0) is 22.5. The molecule has 3 aliphatic rings. The van der Waals surface area contributed by atoms with Gasteiger partial charge in [0, 0.05) is 12.8 Å². The molecular weight excluding hydrogens is 408 g/mol. The maximum Gasteiger partial charge on any atom is 0.400 e. The van der Waals surface area contributed by atoms with Gasteiger partial charge in [0.1, 0.15) is 0 Å². The minimum atomic E-state index is -4.03. The molecule has 172 valence electrons. The summed E-state index contributed by atoms with van der Waals surface area (Å²) in [6.45, 7) is 8.55. The third-order valence-corrected chi connectivity index (χ3v) is 7.56. The number of hydrogen-bond acceptors (Lipinski definition) is 4. The first-order valence-electron chi connectivity index (χ1n) is 11.8. The summed E-state index contributed by atoms with van der Waals surface area (Å²) in [6.07, 6.45) is 12.2. The van der Waals surface area contributed by atoms with Gasteiger partial charge in [0.2, 0.25) is 0 Å². The second kappa shape index (κ2) is 10.5. The molecule has 0 aromatic heterocycles. The fourth-order valence-electron chi connectivity index (χ4n) is 5.37. The third kappa shape index (κ3) is 6.53. The molecule has 31 heavy (non-hydrogen) atoms. The van der Waals surface area contributed by atoms with Gasteiger partial charge in [-0.25, -0.2) is 8.37 Å². The van der Waals surface area contributed by atoms with Crippen LogP contribution in [-0.4, -0.2) is 20.6 Å². The monoisotopic (exact) mass is 446 g/mol. The first kappa shape index (κ1) is 24.2. The fourth-order valence-corrected chi connectivity index (χ4v) is 6.44. The standard InChI is InChI=1S/C24H32O4S.C2H6/c1-24(2)16-20-21(17-24)23(15-19-12-8-5-9-13-19)28-29(25,26)27-22(20)14-18-10-6-3-4-7-11-18;1-2/h5-6,8-13,20-23H,3-4,7,14-17H2,1-2H3;1-2H3/t20?,21-,22+,23?;/m0./s1. The van der Waals surface area contributed by atoms with Crippen LogP contribution in [0, 0.1) is 17.3 Å². The molecule has 1 aromatic carbocycles. The van der Waals surface area contributed by atoms with Crippen molar-refractivity contribution in [3.8, 4) is 0 Å². The van der Waals surface area contributed by atoms with Gasteiger partial charge >= 0.3 is 10.4 Å². The summed E-state index contributed by atoms with van der Waals surface area (Å²) in [5, 5.41) is 0. The Balaban J connectivity index is 0.00000132. The minimum absolute atomic E-state index is 0.157. The summed E-state index contributed by atoms with van der Waals surface area (Å²) in [7, 11) is -4.03. The van der Waals surface area contributed by atoms with Crippen LogP contribution in [0.1, 0.15) is 71.8 Å². The topological polar surface area (TPSA) is 52.6 Å². The number of hydrogen-bond donors (Lipinski definition) is 0. The van der Waals surface area contributed by atoms with Gasteiger partial charge in [0.05, 0.1) is 12.2 Å². The summed E-state index contributed by atoms with van der Waals surface area (Å²) < 4.78 is 36.8. The van der Waals surface area contributed by atoms with Crippen molar-refractivity contribution in [2.75, 3.05) is 0 Å². The average molecular weight is 447 g/mol. The van der Waals surface area contributed by atoms with Crippen molar-refractivity contribution in [1.29, 1.82) is 0 Å². The Labute approximate surface area is 189 Å². The number of rotatable bonds is 4. The first-order chi connectivity index (χ1) is 14.8. The molecule has 2 aliphatic carbocycles. The third-order valence-electron chi connectivity index (χ3n) is 6.59. The quantitative estimate of drug-likeness (QED) is 0.537. The lowest BCUT2D eigenvalue weighted by atomic mass is 9.82. The largest absolute Gasteiger partial charge is 0.400 e. The maximum atomic E-state index is 12.7. The molecule has 1 aliphatic heterocycles. The van der Waals surface area contributed by atoms with E-state index in [1.54, 1.807) is 0 Å². The van der Waals surface area contributed by atoms with Crippen LogP contribution >= 0.6 is 0 Å². The molecular formula is C26H38O4S. The van der Waals surface area contributed by atoms with E-state index in [0.29, 0.717) is 12.8 Å². The predicted octanol–water partition coefficient (Wildman–Crippen LogP) is 6.39. The summed E-state index contributed by atoms with van der Waals surface area (Å²) in [5.74, 6) is 0.344. The Morgan fingerprint density at radius 1 is 0.935 bits per heavy atom. The second-order valence-corrected chi connectivity index (χ2v) is 10.8. The van der Waals surface area contributed by atoms with Gasteiger partial charge in [-0.2, -0.15) is 8.42 Å². The Morgan fingerprint density at radius 3 is 2.19 bits per heavy atom. The van der Waals surface area contributed by atoms with Crippen LogP contribution in [0.25, 0.3) is 0 Å². The molecule has 0 spiro atoms. The van der Waals surface area contributed by atoms with E-state index in [-0.39, 0.29) is 29.5 Å². The second-order valence-electron chi connectivity index (χ2n) is 9.58. The van der Waals surface area contributed by atoms with Crippen molar-refractivity contribution >= 4 is 10.4 Å². The van der Waals surface area contributed by atoms with Gasteiger partial charge in [-0.1, -0.05) is 76.3 Å². The summed E-state index contributed by atoms with van der Waals surface area (Å²) in [4.78, 5) is 0. The lowest BCUT2D eigenvalue weighted by Crippen LogP contribution is -2.31. The highest BCUT2D eigenvalue weighted by Crippen LogP contribution is 2.52. The Kier molecular flexibility index (Phi) is 8.17. The van der Waals surface area contributed by atoms with E-state index in [2.05, 4.69) is 32.1 Å². The smallest absolute Gasteiger partial charge is 0.244 e. The van der Waals surface area contributed by atoms with Gasteiger partial charge in [-0.15, -0.1) is 0 Å². The van der Waals surface area contributed by atoms with E-state index in [1.807, 2.05) is 44.2 Å². The summed E-state index contributed by atoms with van der Waals surface area (Å²) >= 11 is 0. The van der Waals surface area contributed by atoms with E-state index >= 15 is 0 Å². The molecule has 4 nitrogen and oxygen atoms in total. The van der Waals surface area contributed by atoms with Crippen molar-refractivity contribution in [1.82, 2.24) is 0 Å². The van der Waals surface area contributed by atoms with E-state index in [4.69, 9.17) is 8.37 Å². The van der Waals surface area contributed by atoms with Crippen molar-refractivity contribution in [3.05, 3.63) is 59.7 Å². The lowest BCUT2D eigenvalue weighted by Gasteiger charge is -2.27. The number of allylic oxidation sites excluding steroid dienone is 3. The molecule has 5 heteroatoms. The first-order valence-corrected chi connectivity index (χ1v) is 13.2. The highest BCUT2D eigenvalue weighted by atomic mass is 32.3. The highest BCUT2D eigenvalue weighted by molar-refractivity contribution is 7.81. The highest BCUT2D eigenvalue weighted by Gasteiger charge is 2.51. The SMILES string of the molecule is CC.CC1(C)CC2[C@H](C1)C(Cc1ccccc1)OS(=O)(=O)O[C@@H]2CC1=CCCCC=C1. The van der Waals surface area contributed by atoms with Gasteiger partial charge in [-0.3, -0.25) is 0 Å². The van der Waals surface area contributed by atoms with E-state index in [1.165, 1.54) is 5.57 Å². The molecule has 1 saturated carbocycles. The van der Waals surface area contributed by atoms with Crippen molar-refractivity contribution in [2.24, 2.45) is 17.3 Å². The summed E-state index contributed by atoms with van der Waals surface area (Å²) in [6, 6.07) is 10.0. The fraction of sp³-hybridized carbons (Fsp3) is 0.615. The van der Waals surface area contributed by atoms with Gasteiger partial charge in [-0.05, 0) is 60.5 Å². The minimum Gasteiger partial charge on any atom is -0.244 e. The average Bonchev–Trinajstić information content (AvgIpc) is 2.85. The zero-order valence-electron chi connectivity index (χ0n) is 19.4. The van der Waals surface area contributed by atoms with Crippen LogP contribution in [0.2, 0.25) is 0 Å². The molecule has 0 radical (unpaired) electrons. The summed E-state index contributed by atoms with van der Waals surface area (Å²) in [5.41, 5.74) is 2.45. The molecule has 4 atom stereocenters. The molecule has 0 N–H and O–H groups in total. The van der Waals surface area contributed by atoms with Crippen LogP contribution in [0.4, 0.5) is 0 Å². The zero-order valence-corrected chi connectivity index (χ0v) is 20.2. The molecule has 0 amide bonds. The molecule has 0 bridgehead atoms. The van der Waals surface area contributed by atoms with E-state index in [0.717, 1.165) is 37.7 Å². The van der Waals surface area contributed by atoms with Crippen molar-refractivity contribution in [3.63, 3.8) is 0 Å².